The Balaban J connectivity index is 1.70. The molecule has 1 atom stereocenters. The largest absolute Gasteiger partial charge is 0.350 e. The quantitative estimate of drug-likeness (QED) is 0.893. The fraction of sp³-hybridized carbons (Fsp3) is 0.435. The van der Waals surface area contributed by atoms with Crippen molar-refractivity contribution in [1.82, 2.24) is 10.2 Å². The molecule has 2 aliphatic rings. The lowest BCUT2D eigenvalue weighted by atomic mass is 9.80. The van der Waals surface area contributed by atoms with Gasteiger partial charge in [-0.3, -0.25) is 9.69 Å². The third-order valence-electron chi connectivity index (χ3n) is 5.99. The van der Waals surface area contributed by atoms with E-state index in [0.29, 0.717) is 6.54 Å². The molecule has 4 rings (SSSR count). The summed E-state index contributed by atoms with van der Waals surface area (Å²) in [6, 6.07) is 15.2. The summed E-state index contributed by atoms with van der Waals surface area (Å²) in [5.41, 5.74) is 6.06. The van der Waals surface area contributed by atoms with Gasteiger partial charge in [-0.05, 0) is 56.3 Å². The van der Waals surface area contributed by atoms with Crippen molar-refractivity contribution in [3.8, 4) is 0 Å². The molecule has 136 valence electrons. The predicted octanol–water partition coefficient (Wildman–Crippen LogP) is 3.90. The van der Waals surface area contributed by atoms with E-state index < -0.39 is 5.54 Å². The molecule has 2 aromatic rings. The Morgan fingerprint density at radius 1 is 1.04 bits per heavy atom. The number of aryl methyl sites for hydroxylation is 2. The molecule has 0 radical (unpaired) electrons. The highest BCUT2D eigenvalue weighted by molar-refractivity contribution is 5.87. The third-order valence-corrected chi connectivity index (χ3v) is 5.99. The number of nitrogens with zero attached hydrogens (tertiary/aromatic N) is 1. The number of hydrogen-bond acceptors (Lipinski definition) is 2. The van der Waals surface area contributed by atoms with Gasteiger partial charge in [-0.15, -0.1) is 0 Å². The maximum absolute atomic E-state index is 13.2. The van der Waals surface area contributed by atoms with E-state index in [0.717, 1.165) is 32.4 Å². The fourth-order valence-electron chi connectivity index (χ4n) is 4.80. The van der Waals surface area contributed by atoms with Crippen LogP contribution in [0.3, 0.4) is 0 Å². The number of hydrogen-bond donors (Lipinski definition) is 1. The molecule has 1 spiro atoms. The van der Waals surface area contributed by atoms with Crippen molar-refractivity contribution in [3.05, 3.63) is 70.3 Å². The van der Waals surface area contributed by atoms with Crippen LogP contribution in [0, 0.1) is 13.8 Å². The second-order valence-electron chi connectivity index (χ2n) is 8.03. The molecule has 1 N–H and O–H groups in total. The summed E-state index contributed by atoms with van der Waals surface area (Å²) in [4.78, 5) is 15.7. The van der Waals surface area contributed by atoms with E-state index in [1.165, 1.54) is 34.2 Å². The van der Waals surface area contributed by atoms with Gasteiger partial charge in [0.05, 0.1) is 0 Å². The van der Waals surface area contributed by atoms with Gasteiger partial charge >= 0.3 is 0 Å². The lowest BCUT2D eigenvalue weighted by Gasteiger charge is -2.45. The first-order valence-electron chi connectivity index (χ1n) is 9.74. The smallest absolute Gasteiger partial charge is 0.241 e. The minimum Gasteiger partial charge on any atom is -0.350 e. The number of carbonyl (C=O) groups excluding carboxylic acids is 1. The molecule has 3 nitrogen and oxygen atoms in total. The molecule has 26 heavy (non-hydrogen) atoms. The van der Waals surface area contributed by atoms with Crippen molar-refractivity contribution in [1.29, 1.82) is 0 Å². The molecule has 1 saturated heterocycles. The first-order valence-corrected chi connectivity index (χ1v) is 9.74. The van der Waals surface area contributed by atoms with Crippen LogP contribution in [0.2, 0.25) is 0 Å². The van der Waals surface area contributed by atoms with Crippen LogP contribution < -0.4 is 5.32 Å². The van der Waals surface area contributed by atoms with Crippen molar-refractivity contribution in [2.24, 2.45) is 0 Å². The van der Waals surface area contributed by atoms with Gasteiger partial charge in [-0.2, -0.15) is 0 Å². The number of fused-ring (bicyclic) bond motifs is 1. The summed E-state index contributed by atoms with van der Waals surface area (Å²) < 4.78 is 0. The first-order chi connectivity index (χ1) is 12.6. The molecular formula is C23H28N2O. The van der Waals surface area contributed by atoms with Gasteiger partial charge in [0.15, 0.2) is 0 Å². The van der Waals surface area contributed by atoms with Gasteiger partial charge in [0.1, 0.15) is 5.54 Å². The maximum Gasteiger partial charge on any atom is 0.241 e. The zero-order valence-electron chi connectivity index (χ0n) is 15.8. The second kappa shape index (κ2) is 6.88. The Labute approximate surface area is 156 Å². The minimum absolute atomic E-state index is 0.206. The number of carbonyl (C=O) groups is 1. The molecule has 1 unspecified atom stereocenters. The average Bonchev–Trinajstić information content (AvgIpc) is 2.74. The van der Waals surface area contributed by atoms with E-state index in [4.69, 9.17) is 0 Å². The molecule has 3 heteroatoms. The van der Waals surface area contributed by atoms with Crippen LogP contribution in [0.15, 0.2) is 42.5 Å². The van der Waals surface area contributed by atoms with Crippen LogP contribution in [0.5, 0.6) is 0 Å². The average molecular weight is 348 g/mol. The predicted molar refractivity (Wildman–Crippen MR) is 105 cm³/mol. The van der Waals surface area contributed by atoms with Crippen molar-refractivity contribution in [2.75, 3.05) is 6.54 Å². The lowest BCUT2D eigenvalue weighted by molar-refractivity contribution is -0.136. The summed E-state index contributed by atoms with van der Waals surface area (Å²) in [6.45, 7) is 6.78. The molecular weight excluding hydrogens is 320 g/mol. The third kappa shape index (κ3) is 3.16. The molecule has 0 saturated carbocycles. The summed E-state index contributed by atoms with van der Waals surface area (Å²) in [5.74, 6) is 0.206. The number of piperidine rings is 1. The second-order valence-corrected chi connectivity index (χ2v) is 8.03. The first kappa shape index (κ1) is 17.3. The van der Waals surface area contributed by atoms with Crippen molar-refractivity contribution in [3.63, 3.8) is 0 Å². The van der Waals surface area contributed by atoms with Gasteiger partial charge in [-0.1, -0.05) is 53.6 Å². The molecule has 1 amide bonds. The van der Waals surface area contributed by atoms with E-state index in [2.05, 4.69) is 66.5 Å². The zero-order chi connectivity index (χ0) is 18.1. The van der Waals surface area contributed by atoms with E-state index in [9.17, 15) is 4.79 Å². The number of likely N-dealkylation sites (tertiary alicyclic amines) is 1. The lowest BCUT2D eigenvalue weighted by Crippen LogP contribution is -2.60. The van der Waals surface area contributed by atoms with Gasteiger partial charge < -0.3 is 5.32 Å². The minimum atomic E-state index is -0.414. The highest BCUT2D eigenvalue weighted by atomic mass is 16.2. The van der Waals surface area contributed by atoms with Crippen LogP contribution in [-0.4, -0.2) is 22.9 Å². The summed E-state index contributed by atoms with van der Waals surface area (Å²) in [5, 5.41) is 3.22. The van der Waals surface area contributed by atoms with Crippen LogP contribution in [-0.2, 0) is 24.3 Å². The Bertz CT molecular complexity index is 808. The van der Waals surface area contributed by atoms with Crippen LogP contribution in [0.25, 0.3) is 0 Å². The highest BCUT2D eigenvalue weighted by Gasteiger charge is 2.46. The molecule has 0 aliphatic carbocycles. The van der Waals surface area contributed by atoms with Crippen LogP contribution in [0.4, 0.5) is 0 Å². The molecule has 0 aromatic heterocycles. The number of nitrogens with one attached hydrogen (secondary N) is 1. The van der Waals surface area contributed by atoms with Crippen molar-refractivity contribution in [2.45, 2.75) is 58.2 Å². The number of amides is 1. The molecule has 2 heterocycles. The van der Waals surface area contributed by atoms with E-state index in [1.807, 2.05) is 0 Å². The van der Waals surface area contributed by atoms with Gasteiger partial charge in [0.2, 0.25) is 5.91 Å². The van der Waals surface area contributed by atoms with Crippen LogP contribution in [0.1, 0.15) is 47.1 Å². The number of rotatable bonds is 2. The Morgan fingerprint density at radius 3 is 2.54 bits per heavy atom. The topological polar surface area (TPSA) is 32.3 Å². The zero-order valence-corrected chi connectivity index (χ0v) is 15.8. The molecule has 2 aromatic carbocycles. The highest BCUT2D eigenvalue weighted by Crippen LogP contribution is 2.36. The molecule has 1 fully saturated rings. The normalized spacial score (nSPS) is 23.4. The Morgan fingerprint density at radius 2 is 1.77 bits per heavy atom. The summed E-state index contributed by atoms with van der Waals surface area (Å²) >= 11 is 0. The van der Waals surface area contributed by atoms with Crippen molar-refractivity contribution < 1.29 is 4.79 Å². The van der Waals surface area contributed by atoms with Crippen LogP contribution >= 0.6 is 0 Å². The molecule has 0 bridgehead atoms. The monoisotopic (exact) mass is 348 g/mol. The van der Waals surface area contributed by atoms with Gasteiger partial charge in [0.25, 0.3) is 0 Å². The van der Waals surface area contributed by atoms with E-state index in [1.54, 1.807) is 0 Å². The van der Waals surface area contributed by atoms with Gasteiger partial charge in [0, 0.05) is 19.5 Å². The van der Waals surface area contributed by atoms with Crippen molar-refractivity contribution >= 4 is 5.91 Å². The van der Waals surface area contributed by atoms with E-state index >= 15 is 0 Å². The Hall–Kier alpha value is -2.13. The van der Waals surface area contributed by atoms with Gasteiger partial charge in [-0.25, -0.2) is 0 Å². The Kier molecular flexibility index (Phi) is 4.58. The maximum atomic E-state index is 13.2. The summed E-state index contributed by atoms with van der Waals surface area (Å²) in [6.07, 6.45) is 4.05. The fourth-order valence-corrected chi connectivity index (χ4v) is 4.80. The molecule has 2 aliphatic heterocycles. The standard InChI is InChI=1S/C23H28N2O/c1-17-11-18(2)13-19(12-17)16-25-10-6-5-9-23(25)14-20-7-3-4-8-21(20)15-24-22(23)26/h3-4,7-8,11-13H,5-6,9-10,14-16H2,1-2H3,(H,24,26). The summed E-state index contributed by atoms with van der Waals surface area (Å²) in [7, 11) is 0. The number of benzene rings is 2. The SMILES string of the molecule is Cc1cc(C)cc(CN2CCCCC23Cc2ccccc2CNC3=O)c1. The van der Waals surface area contributed by atoms with E-state index in [-0.39, 0.29) is 5.91 Å².